The summed E-state index contributed by atoms with van der Waals surface area (Å²) in [6.45, 7) is 4.02. The molecule has 0 aromatic heterocycles. The van der Waals surface area contributed by atoms with Gasteiger partial charge in [-0.1, -0.05) is 12.1 Å². The van der Waals surface area contributed by atoms with Crippen LogP contribution in [0.2, 0.25) is 0 Å². The molecule has 1 heterocycles. The van der Waals surface area contributed by atoms with Crippen LogP contribution in [0.4, 0.5) is 5.69 Å². The Morgan fingerprint density at radius 1 is 1.05 bits per heavy atom. The number of benzene rings is 2. The maximum Gasteiger partial charge on any atom is 0.163 e. The molecule has 2 aromatic rings. The van der Waals surface area contributed by atoms with Crippen molar-refractivity contribution >= 4 is 5.69 Å². The van der Waals surface area contributed by atoms with Gasteiger partial charge in [0.1, 0.15) is 19.0 Å². The number of rotatable bonds is 4. The summed E-state index contributed by atoms with van der Waals surface area (Å²) in [7, 11) is 1.69. The maximum atomic E-state index is 5.58. The summed E-state index contributed by atoms with van der Waals surface area (Å²) < 4.78 is 16.4. The minimum Gasteiger partial charge on any atom is -0.496 e. The van der Waals surface area contributed by atoms with Gasteiger partial charge < -0.3 is 19.5 Å². The monoisotopic (exact) mass is 285 g/mol. The molecule has 0 fully saturated rings. The largest absolute Gasteiger partial charge is 0.496 e. The van der Waals surface area contributed by atoms with Gasteiger partial charge in [0, 0.05) is 18.3 Å². The Labute approximate surface area is 124 Å². The number of aryl methyl sites for hydroxylation is 1. The Morgan fingerprint density at radius 3 is 2.62 bits per heavy atom. The zero-order chi connectivity index (χ0) is 14.7. The molecule has 4 heteroatoms. The van der Waals surface area contributed by atoms with Crippen molar-refractivity contribution in [1.29, 1.82) is 0 Å². The third-order valence-electron chi connectivity index (χ3n) is 3.50. The second-order valence-electron chi connectivity index (χ2n) is 5.02. The first kappa shape index (κ1) is 13.6. The van der Waals surface area contributed by atoms with Crippen LogP contribution in [0.3, 0.4) is 0 Å². The molecule has 0 radical (unpaired) electrons. The highest BCUT2D eigenvalue weighted by Crippen LogP contribution is 2.32. The molecule has 1 aliphatic heterocycles. The van der Waals surface area contributed by atoms with Gasteiger partial charge in [-0.25, -0.2) is 0 Å². The number of ether oxygens (including phenoxy) is 3. The molecule has 0 saturated heterocycles. The standard InChI is InChI=1S/C17H19NO3/c1-12-9-13(3-5-15(12)19-2)11-18-14-4-6-16-17(10-14)21-8-7-20-16/h3-6,9-10,18H,7-8,11H2,1-2H3. The van der Waals surface area contributed by atoms with Crippen LogP contribution < -0.4 is 19.5 Å². The van der Waals surface area contributed by atoms with Crippen LogP contribution in [0, 0.1) is 6.92 Å². The highest BCUT2D eigenvalue weighted by Gasteiger charge is 2.11. The Balaban J connectivity index is 1.68. The summed E-state index contributed by atoms with van der Waals surface area (Å²) in [5.74, 6) is 2.53. The summed E-state index contributed by atoms with van der Waals surface area (Å²) in [5, 5.41) is 3.40. The van der Waals surface area contributed by atoms with E-state index in [1.165, 1.54) is 5.56 Å². The van der Waals surface area contributed by atoms with Gasteiger partial charge in [-0.05, 0) is 36.2 Å². The molecule has 0 amide bonds. The van der Waals surface area contributed by atoms with Crippen LogP contribution in [-0.2, 0) is 6.54 Å². The highest BCUT2D eigenvalue weighted by molar-refractivity contribution is 5.55. The van der Waals surface area contributed by atoms with Crippen LogP contribution in [0.5, 0.6) is 17.2 Å². The number of methoxy groups -OCH3 is 1. The first-order valence-corrected chi connectivity index (χ1v) is 7.03. The molecular formula is C17H19NO3. The number of anilines is 1. The Kier molecular flexibility index (Phi) is 3.86. The molecule has 21 heavy (non-hydrogen) atoms. The molecular weight excluding hydrogens is 266 g/mol. The van der Waals surface area contributed by atoms with E-state index in [4.69, 9.17) is 14.2 Å². The van der Waals surface area contributed by atoms with Gasteiger partial charge in [0.05, 0.1) is 7.11 Å². The van der Waals surface area contributed by atoms with Gasteiger partial charge >= 0.3 is 0 Å². The van der Waals surface area contributed by atoms with E-state index >= 15 is 0 Å². The number of fused-ring (bicyclic) bond motifs is 1. The van der Waals surface area contributed by atoms with Crippen LogP contribution in [-0.4, -0.2) is 20.3 Å². The van der Waals surface area contributed by atoms with Crippen LogP contribution in [0.15, 0.2) is 36.4 Å². The van der Waals surface area contributed by atoms with Crippen molar-refractivity contribution in [3.05, 3.63) is 47.5 Å². The van der Waals surface area contributed by atoms with E-state index in [1.807, 2.05) is 31.2 Å². The molecule has 0 spiro atoms. The molecule has 3 rings (SSSR count). The third-order valence-corrected chi connectivity index (χ3v) is 3.50. The van der Waals surface area contributed by atoms with Crippen LogP contribution >= 0.6 is 0 Å². The van der Waals surface area contributed by atoms with Crippen molar-refractivity contribution in [3.8, 4) is 17.2 Å². The number of hydrogen-bond donors (Lipinski definition) is 1. The topological polar surface area (TPSA) is 39.7 Å². The zero-order valence-electron chi connectivity index (χ0n) is 12.3. The van der Waals surface area contributed by atoms with E-state index in [9.17, 15) is 0 Å². The van der Waals surface area contributed by atoms with E-state index < -0.39 is 0 Å². The summed E-state index contributed by atoms with van der Waals surface area (Å²) in [5.41, 5.74) is 3.37. The highest BCUT2D eigenvalue weighted by atomic mass is 16.6. The molecule has 2 aromatic carbocycles. The SMILES string of the molecule is COc1ccc(CNc2ccc3c(c2)OCCO3)cc1C. The quantitative estimate of drug-likeness (QED) is 0.934. The molecule has 0 bridgehead atoms. The minimum absolute atomic E-state index is 0.605. The summed E-state index contributed by atoms with van der Waals surface area (Å²) in [6.07, 6.45) is 0. The molecule has 1 aliphatic rings. The maximum absolute atomic E-state index is 5.58. The second-order valence-corrected chi connectivity index (χ2v) is 5.02. The van der Waals surface area contributed by atoms with Crippen molar-refractivity contribution in [2.75, 3.05) is 25.6 Å². The molecule has 0 atom stereocenters. The average Bonchev–Trinajstić information content (AvgIpc) is 2.53. The minimum atomic E-state index is 0.605. The van der Waals surface area contributed by atoms with Crippen molar-refractivity contribution in [2.24, 2.45) is 0 Å². The lowest BCUT2D eigenvalue weighted by molar-refractivity contribution is 0.171. The third kappa shape index (κ3) is 3.05. The van der Waals surface area contributed by atoms with E-state index in [2.05, 4.69) is 17.4 Å². The van der Waals surface area contributed by atoms with E-state index in [1.54, 1.807) is 7.11 Å². The van der Waals surface area contributed by atoms with Crippen LogP contribution in [0.25, 0.3) is 0 Å². The Hall–Kier alpha value is -2.36. The van der Waals surface area contributed by atoms with Gasteiger partial charge in [-0.2, -0.15) is 0 Å². The molecule has 0 unspecified atom stereocenters. The molecule has 110 valence electrons. The van der Waals surface area contributed by atoms with Crippen molar-refractivity contribution < 1.29 is 14.2 Å². The van der Waals surface area contributed by atoms with Gasteiger partial charge in [0.15, 0.2) is 11.5 Å². The van der Waals surface area contributed by atoms with Crippen molar-refractivity contribution in [2.45, 2.75) is 13.5 Å². The first-order valence-electron chi connectivity index (χ1n) is 7.03. The van der Waals surface area contributed by atoms with E-state index in [-0.39, 0.29) is 0 Å². The molecule has 0 aliphatic carbocycles. The summed E-state index contributed by atoms with van der Waals surface area (Å²) in [6, 6.07) is 12.1. The van der Waals surface area contributed by atoms with Gasteiger partial charge in [-0.15, -0.1) is 0 Å². The predicted octanol–water partition coefficient (Wildman–Crippen LogP) is 3.39. The normalized spacial score (nSPS) is 12.9. The van der Waals surface area contributed by atoms with E-state index in [0.717, 1.165) is 35.0 Å². The Morgan fingerprint density at radius 2 is 1.86 bits per heavy atom. The van der Waals surface area contributed by atoms with Gasteiger partial charge in [-0.3, -0.25) is 0 Å². The molecule has 4 nitrogen and oxygen atoms in total. The van der Waals surface area contributed by atoms with Gasteiger partial charge in [0.2, 0.25) is 0 Å². The smallest absolute Gasteiger partial charge is 0.163 e. The number of hydrogen-bond acceptors (Lipinski definition) is 4. The molecule has 0 saturated carbocycles. The fraction of sp³-hybridized carbons (Fsp3) is 0.294. The Bertz CT molecular complexity index is 640. The number of nitrogens with one attached hydrogen (secondary N) is 1. The fourth-order valence-corrected chi connectivity index (χ4v) is 2.41. The summed E-state index contributed by atoms with van der Waals surface area (Å²) >= 11 is 0. The van der Waals surface area contributed by atoms with Crippen LogP contribution in [0.1, 0.15) is 11.1 Å². The van der Waals surface area contributed by atoms with Crippen molar-refractivity contribution in [1.82, 2.24) is 0 Å². The first-order chi connectivity index (χ1) is 10.3. The summed E-state index contributed by atoms with van der Waals surface area (Å²) in [4.78, 5) is 0. The second kappa shape index (κ2) is 5.95. The predicted molar refractivity (Wildman–Crippen MR) is 82.5 cm³/mol. The van der Waals surface area contributed by atoms with Crippen molar-refractivity contribution in [3.63, 3.8) is 0 Å². The zero-order valence-corrected chi connectivity index (χ0v) is 12.3. The van der Waals surface area contributed by atoms with Gasteiger partial charge in [0.25, 0.3) is 0 Å². The lowest BCUT2D eigenvalue weighted by Crippen LogP contribution is -2.15. The lowest BCUT2D eigenvalue weighted by Gasteiger charge is -2.19. The van der Waals surface area contributed by atoms with E-state index in [0.29, 0.717) is 13.2 Å². The molecule has 1 N–H and O–H groups in total. The lowest BCUT2D eigenvalue weighted by atomic mass is 10.1. The fourth-order valence-electron chi connectivity index (χ4n) is 2.41. The average molecular weight is 285 g/mol.